The smallest absolute Gasteiger partial charge is 0.412 e. The fraction of sp³-hybridized carbons (Fsp3) is 0.556. The molecule has 12 heteroatoms. The van der Waals surface area contributed by atoms with Gasteiger partial charge in [0.25, 0.3) is 0 Å². The van der Waals surface area contributed by atoms with Gasteiger partial charge in [0.15, 0.2) is 17.3 Å². The Bertz CT molecular complexity index is 1520. The SMILES string of the molecule is CC(C)(C)OC(=O)Nc1cc(C2CCN(C(=O)OC(C)(C)C)CC2)nc(-c2nccn2COCC[Si](C)(C)C)c1OCc1ccccc1. The van der Waals surface area contributed by atoms with E-state index >= 15 is 0 Å². The van der Waals surface area contributed by atoms with Crippen LogP contribution < -0.4 is 10.1 Å². The van der Waals surface area contributed by atoms with Gasteiger partial charge in [-0.1, -0.05) is 50.0 Å². The van der Waals surface area contributed by atoms with Crippen LogP contribution in [0.4, 0.5) is 15.3 Å². The van der Waals surface area contributed by atoms with Gasteiger partial charge in [-0.15, -0.1) is 0 Å². The van der Waals surface area contributed by atoms with Gasteiger partial charge >= 0.3 is 12.2 Å². The Labute approximate surface area is 286 Å². The molecular weight excluding hydrogens is 627 g/mol. The topological polar surface area (TPSA) is 117 Å². The monoisotopic (exact) mass is 679 g/mol. The highest BCUT2D eigenvalue weighted by molar-refractivity contribution is 6.76. The minimum Gasteiger partial charge on any atom is -0.484 e. The number of anilines is 1. The van der Waals surface area contributed by atoms with Gasteiger partial charge < -0.3 is 28.4 Å². The molecule has 0 unspecified atom stereocenters. The fourth-order valence-electron chi connectivity index (χ4n) is 5.15. The molecular formula is C36H53N5O6Si. The summed E-state index contributed by atoms with van der Waals surface area (Å²) in [4.78, 5) is 37.6. The summed E-state index contributed by atoms with van der Waals surface area (Å²) in [6.45, 7) is 20.3. The second-order valence-electron chi connectivity index (χ2n) is 15.5. The molecule has 48 heavy (non-hydrogen) atoms. The Morgan fingerprint density at radius 1 is 0.979 bits per heavy atom. The molecule has 1 N–H and O–H groups in total. The van der Waals surface area contributed by atoms with Crippen LogP contribution in [0.3, 0.4) is 0 Å². The van der Waals surface area contributed by atoms with E-state index in [4.69, 9.17) is 28.9 Å². The average molecular weight is 680 g/mol. The number of imidazole rings is 1. The number of carbonyl (C=O) groups excluding carboxylic acids is 2. The number of nitrogens with zero attached hydrogens (tertiary/aromatic N) is 4. The molecule has 3 aromatic rings. The summed E-state index contributed by atoms with van der Waals surface area (Å²) < 4.78 is 25.8. The predicted molar refractivity (Wildman–Crippen MR) is 190 cm³/mol. The summed E-state index contributed by atoms with van der Waals surface area (Å²) in [5, 5.41) is 2.95. The van der Waals surface area contributed by atoms with Crippen molar-refractivity contribution in [3.63, 3.8) is 0 Å². The van der Waals surface area contributed by atoms with Crippen molar-refractivity contribution in [3.05, 3.63) is 60.0 Å². The first-order valence-electron chi connectivity index (χ1n) is 16.8. The summed E-state index contributed by atoms with van der Waals surface area (Å²) in [6.07, 6.45) is 4.01. The number of piperidine rings is 1. The van der Waals surface area contributed by atoms with Gasteiger partial charge in [-0.25, -0.2) is 19.6 Å². The van der Waals surface area contributed by atoms with Crippen LogP contribution in [0.15, 0.2) is 48.8 Å². The standard InChI is InChI=1S/C36H53N5O6Si/c1-35(2,3)46-33(42)39-29-23-28(27-15-18-40(19-16-27)34(43)47-36(4,5)6)38-30(31(29)45-24-26-13-11-10-12-14-26)32-37-17-20-41(32)25-44-21-22-48(7,8)9/h10-14,17,20,23,27H,15-16,18-19,21-22,24-25H2,1-9H3,(H,38,39,42). The third-order valence-corrected chi connectivity index (χ3v) is 9.28. The maximum Gasteiger partial charge on any atom is 0.412 e. The van der Waals surface area contributed by atoms with Gasteiger partial charge in [0.2, 0.25) is 0 Å². The zero-order chi connectivity index (χ0) is 35.1. The van der Waals surface area contributed by atoms with E-state index in [0.29, 0.717) is 62.2 Å². The van der Waals surface area contributed by atoms with Crippen molar-refractivity contribution >= 4 is 25.9 Å². The summed E-state index contributed by atoms with van der Waals surface area (Å²) in [5.41, 5.74) is 1.38. The highest BCUT2D eigenvalue weighted by atomic mass is 28.3. The molecule has 262 valence electrons. The van der Waals surface area contributed by atoms with Crippen molar-refractivity contribution in [2.75, 3.05) is 25.0 Å². The van der Waals surface area contributed by atoms with Crippen LogP contribution in [0, 0.1) is 0 Å². The molecule has 3 heterocycles. The Kier molecular flexibility index (Phi) is 12.0. The van der Waals surface area contributed by atoms with Crippen molar-refractivity contribution in [1.82, 2.24) is 19.4 Å². The van der Waals surface area contributed by atoms with Crippen LogP contribution in [0.1, 0.15) is 71.6 Å². The van der Waals surface area contributed by atoms with E-state index < -0.39 is 25.4 Å². The summed E-state index contributed by atoms with van der Waals surface area (Å²) in [6, 6.07) is 12.7. The number of benzene rings is 1. The molecule has 1 aliphatic rings. The van der Waals surface area contributed by atoms with Crippen LogP contribution in [-0.4, -0.2) is 70.6 Å². The lowest BCUT2D eigenvalue weighted by Crippen LogP contribution is -2.41. The summed E-state index contributed by atoms with van der Waals surface area (Å²) in [7, 11) is -1.27. The Morgan fingerprint density at radius 2 is 1.65 bits per heavy atom. The maximum atomic E-state index is 13.2. The molecule has 1 aliphatic heterocycles. The Morgan fingerprint density at radius 3 is 2.27 bits per heavy atom. The van der Waals surface area contributed by atoms with Crippen LogP contribution in [0.2, 0.25) is 25.7 Å². The first kappa shape index (κ1) is 36.9. The van der Waals surface area contributed by atoms with Crippen LogP contribution >= 0.6 is 0 Å². The number of hydrogen-bond acceptors (Lipinski definition) is 8. The van der Waals surface area contributed by atoms with E-state index in [1.807, 2.05) is 88.7 Å². The Hall–Kier alpha value is -3.90. The third kappa shape index (κ3) is 11.4. The number of aromatic nitrogens is 3. The van der Waals surface area contributed by atoms with Crippen molar-refractivity contribution in [3.8, 4) is 17.3 Å². The lowest BCUT2D eigenvalue weighted by molar-refractivity contribution is 0.0203. The van der Waals surface area contributed by atoms with Gasteiger partial charge in [0.05, 0.1) is 5.69 Å². The second kappa shape index (κ2) is 15.5. The quantitative estimate of drug-likeness (QED) is 0.159. The van der Waals surface area contributed by atoms with Crippen molar-refractivity contribution in [1.29, 1.82) is 0 Å². The number of amides is 2. The molecule has 0 radical (unpaired) electrons. The van der Waals surface area contributed by atoms with E-state index in [0.717, 1.165) is 17.3 Å². The van der Waals surface area contributed by atoms with E-state index in [2.05, 4.69) is 25.0 Å². The summed E-state index contributed by atoms with van der Waals surface area (Å²) in [5.74, 6) is 0.960. The van der Waals surface area contributed by atoms with E-state index in [1.54, 1.807) is 11.1 Å². The molecule has 0 bridgehead atoms. The van der Waals surface area contributed by atoms with Crippen molar-refractivity contribution in [2.45, 2.75) is 111 Å². The minimum absolute atomic E-state index is 0.0150. The molecule has 1 aromatic carbocycles. The highest BCUT2D eigenvalue weighted by Crippen LogP contribution is 2.40. The molecule has 11 nitrogen and oxygen atoms in total. The predicted octanol–water partition coefficient (Wildman–Crippen LogP) is 8.30. The van der Waals surface area contributed by atoms with E-state index in [9.17, 15) is 9.59 Å². The number of hydrogen-bond donors (Lipinski definition) is 1. The van der Waals surface area contributed by atoms with Crippen LogP contribution in [0.5, 0.6) is 5.75 Å². The molecule has 4 rings (SSSR count). The number of rotatable bonds is 11. The molecule has 0 aliphatic carbocycles. The largest absolute Gasteiger partial charge is 0.484 e. The molecule has 0 spiro atoms. The molecule has 2 amide bonds. The van der Waals surface area contributed by atoms with E-state index in [-0.39, 0.29) is 18.6 Å². The lowest BCUT2D eigenvalue weighted by atomic mass is 9.92. The van der Waals surface area contributed by atoms with Gasteiger partial charge in [-0.2, -0.15) is 0 Å². The van der Waals surface area contributed by atoms with Gasteiger partial charge in [-0.05, 0) is 72.1 Å². The zero-order valence-electron chi connectivity index (χ0n) is 30.1. The minimum atomic E-state index is -1.27. The zero-order valence-corrected chi connectivity index (χ0v) is 31.1. The lowest BCUT2D eigenvalue weighted by Gasteiger charge is -2.33. The molecule has 0 saturated carbocycles. The Balaban J connectivity index is 1.72. The van der Waals surface area contributed by atoms with E-state index in [1.165, 1.54) is 0 Å². The van der Waals surface area contributed by atoms with Crippen LogP contribution in [-0.2, 0) is 27.5 Å². The average Bonchev–Trinajstić information content (AvgIpc) is 3.45. The molecule has 1 fully saturated rings. The maximum absolute atomic E-state index is 13.2. The van der Waals surface area contributed by atoms with Gasteiger partial charge in [0, 0.05) is 51.8 Å². The number of nitrogens with one attached hydrogen (secondary N) is 1. The molecule has 0 atom stereocenters. The van der Waals surface area contributed by atoms with Crippen molar-refractivity contribution < 1.29 is 28.5 Å². The normalized spacial score (nSPS) is 14.5. The number of ether oxygens (including phenoxy) is 4. The fourth-order valence-corrected chi connectivity index (χ4v) is 5.91. The molecule has 1 saturated heterocycles. The van der Waals surface area contributed by atoms with Gasteiger partial charge in [-0.3, -0.25) is 5.32 Å². The van der Waals surface area contributed by atoms with Crippen LogP contribution in [0.25, 0.3) is 11.5 Å². The van der Waals surface area contributed by atoms with Crippen molar-refractivity contribution in [2.24, 2.45) is 0 Å². The second-order valence-corrected chi connectivity index (χ2v) is 21.1. The number of pyridine rings is 1. The number of likely N-dealkylation sites (tertiary alicyclic amines) is 1. The third-order valence-electron chi connectivity index (χ3n) is 7.57. The number of carbonyl (C=O) groups is 2. The highest BCUT2D eigenvalue weighted by Gasteiger charge is 2.31. The van der Waals surface area contributed by atoms with Gasteiger partial charge in [0.1, 0.15) is 24.5 Å². The first-order valence-corrected chi connectivity index (χ1v) is 20.5. The first-order chi connectivity index (χ1) is 22.5. The summed E-state index contributed by atoms with van der Waals surface area (Å²) >= 11 is 0. The molecule has 2 aromatic heterocycles.